The van der Waals surface area contributed by atoms with Crippen LogP contribution in [-0.4, -0.2) is 17.8 Å². The van der Waals surface area contributed by atoms with Gasteiger partial charge in [-0.1, -0.05) is 60.7 Å². The third kappa shape index (κ3) is 4.61. The summed E-state index contributed by atoms with van der Waals surface area (Å²) in [4.78, 5) is 39.5. The van der Waals surface area contributed by atoms with Gasteiger partial charge in [-0.2, -0.15) is 0 Å². The lowest BCUT2D eigenvalue weighted by Gasteiger charge is -2.27. The zero-order valence-electron chi connectivity index (χ0n) is 19.9. The number of fused-ring (bicyclic) bond motifs is 1. The number of para-hydroxylation sites is 1. The third-order valence-electron chi connectivity index (χ3n) is 5.99. The van der Waals surface area contributed by atoms with Crippen LogP contribution in [0.2, 0.25) is 0 Å². The van der Waals surface area contributed by atoms with Crippen molar-refractivity contribution in [1.29, 1.82) is 0 Å². The van der Waals surface area contributed by atoms with Crippen molar-refractivity contribution in [3.8, 4) is 5.75 Å². The number of benzene rings is 4. The molecule has 36 heavy (non-hydrogen) atoms. The summed E-state index contributed by atoms with van der Waals surface area (Å²) in [7, 11) is 0. The van der Waals surface area contributed by atoms with Gasteiger partial charge in [0.05, 0.1) is 5.69 Å². The van der Waals surface area contributed by atoms with Gasteiger partial charge in [-0.25, -0.2) is 9.69 Å². The van der Waals surface area contributed by atoms with Crippen molar-refractivity contribution in [2.45, 2.75) is 20.5 Å². The number of carbonyl (C=O) groups excluding carboxylic acids is 3. The molecular weight excluding hydrogens is 452 g/mol. The zero-order chi connectivity index (χ0) is 25.2. The lowest BCUT2D eigenvalue weighted by atomic mass is 10.0. The highest BCUT2D eigenvalue weighted by atomic mass is 16.5. The molecule has 1 saturated heterocycles. The second-order valence-corrected chi connectivity index (χ2v) is 8.81. The topological polar surface area (TPSA) is 75.7 Å². The van der Waals surface area contributed by atoms with E-state index in [-0.39, 0.29) is 5.57 Å². The number of imide groups is 2. The Balaban J connectivity index is 1.44. The maximum atomic E-state index is 13.3. The van der Waals surface area contributed by atoms with E-state index in [2.05, 4.69) is 17.4 Å². The number of barbiturate groups is 1. The minimum Gasteiger partial charge on any atom is -0.488 e. The smallest absolute Gasteiger partial charge is 0.335 e. The van der Waals surface area contributed by atoms with Crippen molar-refractivity contribution >= 4 is 40.4 Å². The number of nitrogens with zero attached hydrogens (tertiary/aromatic N) is 1. The number of ether oxygens (including phenoxy) is 1. The SMILES string of the molecule is Cc1cc(C)cc(N2C(=O)NC(=O)/C(=C\c3ccccc3OCc3ccc4ccccc4c3)C2=O)c1. The first-order valence-electron chi connectivity index (χ1n) is 11.6. The molecule has 6 nitrogen and oxygen atoms in total. The van der Waals surface area contributed by atoms with E-state index in [1.807, 2.05) is 56.3 Å². The molecule has 1 heterocycles. The standard InChI is InChI=1S/C30H24N2O4/c1-19-13-20(2)15-25(14-19)32-29(34)26(28(33)31-30(32)35)17-24-9-5-6-10-27(24)36-18-21-11-12-22-7-3-4-8-23(22)16-21/h3-17H,18H2,1-2H3,(H,31,33,35)/b26-17+. The van der Waals surface area contributed by atoms with Gasteiger partial charge in [0.15, 0.2) is 0 Å². The van der Waals surface area contributed by atoms with E-state index in [9.17, 15) is 14.4 Å². The Morgan fingerprint density at radius 3 is 2.28 bits per heavy atom. The van der Waals surface area contributed by atoms with Gasteiger partial charge in [-0.3, -0.25) is 14.9 Å². The summed E-state index contributed by atoms with van der Waals surface area (Å²) in [6, 6.07) is 26.0. The van der Waals surface area contributed by atoms with Crippen LogP contribution in [0, 0.1) is 13.8 Å². The van der Waals surface area contributed by atoms with Gasteiger partial charge < -0.3 is 4.74 Å². The van der Waals surface area contributed by atoms with Gasteiger partial charge in [0.1, 0.15) is 17.9 Å². The average Bonchev–Trinajstić information content (AvgIpc) is 2.85. The highest BCUT2D eigenvalue weighted by Gasteiger charge is 2.37. The first-order valence-corrected chi connectivity index (χ1v) is 11.6. The predicted molar refractivity (Wildman–Crippen MR) is 140 cm³/mol. The fourth-order valence-electron chi connectivity index (χ4n) is 4.35. The van der Waals surface area contributed by atoms with Gasteiger partial charge in [0.2, 0.25) is 0 Å². The molecule has 4 amide bonds. The Morgan fingerprint density at radius 1 is 0.806 bits per heavy atom. The van der Waals surface area contributed by atoms with Gasteiger partial charge in [-0.15, -0.1) is 0 Å². The largest absolute Gasteiger partial charge is 0.488 e. The molecule has 0 bridgehead atoms. The lowest BCUT2D eigenvalue weighted by molar-refractivity contribution is -0.122. The number of amides is 4. The van der Waals surface area contributed by atoms with E-state index < -0.39 is 17.8 Å². The van der Waals surface area contributed by atoms with Crippen LogP contribution >= 0.6 is 0 Å². The molecule has 4 aromatic carbocycles. The Kier molecular flexibility index (Phi) is 6.09. The second kappa shape index (κ2) is 9.50. The number of nitrogens with one attached hydrogen (secondary N) is 1. The van der Waals surface area contributed by atoms with Crippen molar-refractivity contribution in [3.05, 3.63) is 113 Å². The summed E-state index contributed by atoms with van der Waals surface area (Å²) in [6.45, 7) is 4.08. The van der Waals surface area contributed by atoms with Crippen LogP contribution in [0.25, 0.3) is 16.8 Å². The maximum absolute atomic E-state index is 13.3. The third-order valence-corrected chi connectivity index (χ3v) is 5.99. The van der Waals surface area contributed by atoms with Crippen LogP contribution < -0.4 is 15.0 Å². The number of aryl methyl sites for hydroxylation is 2. The van der Waals surface area contributed by atoms with Gasteiger partial charge in [0.25, 0.3) is 11.8 Å². The molecule has 0 atom stereocenters. The van der Waals surface area contributed by atoms with Gasteiger partial charge in [-0.05, 0) is 71.7 Å². The molecule has 0 aromatic heterocycles. The molecule has 1 fully saturated rings. The Labute approximate surface area is 208 Å². The van der Waals surface area contributed by atoms with E-state index in [0.717, 1.165) is 32.4 Å². The predicted octanol–water partition coefficient (Wildman–Crippen LogP) is 5.70. The van der Waals surface area contributed by atoms with Gasteiger partial charge >= 0.3 is 6.03 Å². The van der Waals surface area contributed by atoms with Crippen molar-refractivity contribution in [3.63, 3.8) is 0 Å². The number of urea groups is 1. The van der Waals surface area contributed by atoms with Crippen molar-refractivity contribution < 1.29 is 19.1 Å². The van der Waals surface area contributed by atoms with Crippen LogP contribution in [0.5, 0.6) is 5.75 Å². The summed E-state index contributed by atoms with van der Waals surface area (Å²) in [5.41, 5.74) is 3.63. The number of rotatable bonds is 5. The summed E-state index contributed by atoms with van der Waals surface area (Å²) >= 11 is 0. The molecule has 5 rings (SSSR count). The zero-order valence-corrected chi connectivity index (χ0v) is 19.9. The molecule has 0 aliphatic carbocycles. The summed E-state index contributed by atoms with van der Waals surface area (Å²) < 4.78 is 6.08. The first kappa shape index (κ1) is 23.1. The Hall–Kier alpha value is -4.71. The van der Waals surface area contributed by atoms with Crippen LogP contribution in [0.3, 0.4) is 0 Å². The minimum absolute atomic E-state index is 0.143. The van der Waals surface area contributed by atoms with Crippen LogP contribution in [-0.2, 0) is 16.2 Å². The molecule has 0 spiro atoms. The molecule has 178 valence electrons. The van der Waals surface area contributed by atoms with E-state index in [1.54, 1.807) is 30.3 Å². The molecule has 1 aliphatic heterocycles. The summed E-state index contributed by atoms with van der Waals surface area (Å²) in [5, 5.41) is 4.55. The molecule has 0 saturated carbocycles. The number of anilines is 1. The molecule has 1 N–H and O–H groups in total. The van der Waals surface area contributed by atoms with Crippen LogP contribution in [0.1, 0.15) is 22.3 Å². The number of hydrogen-bond donors (Lipinski definition) is 1. The summed E-state index contributed by atoms with van der Waals surface area (Å²) in [5.74, 6) is -0.901. The quantitative estimate of drug-likeness (QED) is 0.296. The molecule has 0 unspecified atom stereocenters. The van der Waals surface area contributed by atoms with E-state index in [0.29, 0.717) is 23.6 Å². The Morgan fingerprint density at radius 2 is 1.50 bits per heavy atom. The summed E-state index contributed by atoms with van der Waals surface area (Å²) in [6.07, 6.45) is 1.47. The highest BCUT2D eigenvalue weighted by Crippen LogP contribution is 2.27. The van der Waals surface area contributed by atoms with Crippen molar-refractivity contribution in [1.82, 2.24) is 5.32 Å². The van der Waals surface area contributed by atoms with Crippen molar-refractivity contribution in [2.75, 3.05) is 4.90 Å². The highest BCUT2D eigenvalue weighted by molar-refractivity contribution is 6.39. The normalized spacial score (nSPS) is 14.9. The number of carbonyl (C=O) groups is 3. The minimum atomic E-state index is -0.770. The van der Waals surface area contributed by atoms with Crippen molar-refractivity contribution in [2.24, 2.45) is 0 Å². The van der Waals surface area contributed by atoms with E-state index >= 15 is 0 Å². The van der Waals surface area contributed by atoms with Crippen LogP contribution in [0.15, 0.2) is 90.5 Å². The van der Waals surface area contributed by atoms with E-state index in [4.69, 9.17) is 4.74 Å². The second-order valence-electron chi connectivity index (χ2n) is 8.81. The molecule has 6 heteroatoms. The molecule has 4 aromatic rings. The molecule has 0 radical (unpaired) electrons. The fraction of sp³-hybridized carbons (Fsp3) is 0.100. The Bertz CT molecular complexity index is 1530. The molecular formula is C30H24N2O4. The fourth-order valence-corrected chi connectivity index (χ4v) is 4.35. The molecule has 1 aliphatic rings. The first-order chi connectivity index (χ1) is 17.4. The van der Waals surface area contributed by atoms with Crippen LogP contribution in [0.4, 0.5) is 10.5 Å². The van der Waals surface area contributed by atoms with E-state index in [1.165, 1.54) is 6.08 Å². The lowest BCUT2D eigenvalue weighted by Crippen LogP contribution is -2.54. The maximum Gasteiger partial charge on any atom is 0.335 e. The van der Waals surface area contributed by atoms with Gasteiger partial charge in [0, 0.05) is 5.56 Å². The number of hydrogen-bond acceptors (Lipinski definition) is 4. The monoisotopic (exact) mass is 476 g/mol. The average molecular weight is 477 g/mol.